The fourth-order valence-electron chi connectivity index (χ4n) is 7.19. The largest absolute Gasteiger partial charge is 0.487 e. The molecule has 10 heteroatoms. The van der Waals surface area contributed by atoms with Gasteiger partial charge in [0, 0.05) is 30.8 Å². The van der Waals surface area contributed by atoms with Crippen molar-refractivity contribution >= 4 is 33.2 Å². The number of amides is 1. The van der Waals surface area contributed by atoms with Gasteiger partial charge in [0.15, 0.2) is 0 Å². The number of ether oxygens (including phenoxy) is 2. The smallest absolute Gasteiger partial charge is 0.264 e. The molecule has 236 valence electrons. The first-order chi connectivity index (χ1) is 20.7. The summed E-state index contributed by atoms with van der Waals surface area (Å²) in [6, 6.07) is 11.1. The average molecular weight is 633 g/mol. The number of halogens is 1. The fourth-order valence-corrected chi connectivity index (χ4v) is 8.84. The summed E-state index contributed by atoms with van der Waals surface area (Å²) in [5.41, 5.74) is 2.65. The van der Waals surface area contributed by atoms with Crippen molar-refractivity contribution in [3.05, 3.63) is 58.1 Å². The van der Waals surface area contributed by atoms with E-state index >= 15 is 0 Å². The summed E-state index contributed by atoms with van der Waals surface area (Å²) >= 11 is 6.32. The molecule has 0 spiro atoms. The standard InChI is InChI=1S/C33H45ClN2O6S/c1-3-28-9-4-6-16-33(22-37,41-2)29-14-11-25(29)20-36-17-7-5-8-23-18-27(34)13-10-26(23)21-42-31-15-12-24(19-30(31)36)32(38)35-43(28,39)40/h10,12-13,15,18-19,25,28-29,37H,3-9,11,14,16-17,20-22H2,1-2H3,(H,35,38)/t25-,28+,29+,33-/m0/s1. The second kappa shape index (κ2) is 13.8. The summed E-state index contributed by atoms with van der Waals surface area (Å²) in [4.78, 5) is 15.7. The number of aliphatic hydroxyl groups is 1. The van der Waals surface area contributed by atoms with Crippen molar-refractivity contribution in [1.82, 2.24) is 4.72 Å². The predicted octanol–water partition coefficient (Wildman–Crippen LogP) is 5.88. The van der Waals surface area contributed by atoms with Gasteiger partial charge in [0.2, 0.25) is 10.0 Å². The van der Waals surface area contributed by atoms with E-state index in [-0.39, 0.29) is 18.1 Å². The molecule has 4 atom stereocenters. The molecule has 2 aliphatic heterocycles. The number of rotatable bonds is 3. The second-order valence-electron chi connectivity index (χ2n) is 12.4. The summed E-state index contributed by atoms with van der Waals surface area (Å²) < 4.78 is 41.5. The van der Waals surface area contributed by atoms with Crippen molar-refractivity contribution in [3.63, 3.8) is 0 Å². The molecule has 1 aliphatic carbocycles. The fraction of sp³-hybridized carbons (Fsp3) is 0.606. The molecule has 3 aliphatic rings. The molecular weight excluding hydrogens is 588 g/mol. The van der Waals surface area contributed by atoms with Crippen molar-refractivity contribution < 1.29 is 27.8 Å². The van der Waals surface area contributed by atoms with Crippen LogP contribution in [0.15, 0.2) is 36.4 Å². The SMILES string of the molecule is CC[C@@H]1CCCC[C@@](CO)(OC)[C@@H]2CC[C@H]2CN2CCCCc3cc(Cl)ccc3COc3ccc(cc32)C(=O)NS1(=O)=O. The second-order valence-corrected chi connectivity index (χ2v) is 14.8. The first-order valence-electron chi connectivity index (χ1n) is 15.7. The Morgan fingerprint density at radius 1 is 1.09 bits per heavy atom. The highest BCUT2D eigenvalue weighted by Crippen LogP contribution is 2.47. The van der Waals surface area contributed by atoms with Crippen LogP contribution in [-0.4, -0.2) is 57.1 Å². The van der Waals surface area contributed by atoms with E-state index in [1.807, 2.05) is 25.1 Å². The number of carbonyl (C=O) groups excluding carboxylic acids is 1. The first kappa shape index (κ1) is 32.1. The van der Waals surface area contributed by atoms with Gasteiger partial charge in [-0.2, -0.15) is 0 Å². The molecule has 2 heterocycles. The molecule has 2 N–H and O–H groups in total. The van der Waals surface area contributed by atoms with Gasteiger partial charge in [-0.15, -0.1) is 0 Å². The quantitative estimate of drug-likeness (QED) is 0.436. The van der Waals surface area contributed by atoms with Gasteiger partial charge in [-0.05, 0) is 105 Å². The highest BCUT2D eigenvalue weighted by Gasteiger charge is 2.48. The van der Waals surface area contributed by atoms with Gasteiger partial charge in [0.25, 0.3) is 5.91 Å². The Kier molecular flexibility index (Phi) is 10.3. The molecule has 1 amide bonds. The van der Waals surface area contributed by atoms with Crippen molar-refractivity contribution in [2.24, 2.45) is 11.8 Å². The van der Waals surface area contributed by atoms with Gasteiger partial charge in [0.1, 0.15) is 12.4 Å². The van der Waals surface area contributed by atoms with E-state index in [4.69, 9.17) is 21.1 Å². The number of anilines is 1. The number of sulfonamides is 1. The van der Waals surface area contributed by atoms with E-state index in [1.54, 1.807) is 25.3 Å². The Bertz CT molecular complexity index is 1400. The minimum absolute atomic E-state index is 0.0686. The third kappa shape index (κ3) is 7.00. The lowest BCUT2D eigenvalue weighted by Crippen LogP contribution is -2.54. The number of fused-ring (bicyclic) bond motifs is 3. The van der Waals surface area contributed by atoms with E-state index in [1.165, 1.54) is 5.56 Å². The summed E-state index contributed by atoms with van der Waals surface area (Å²) in [6.07, 6.45) is 7.69. The lowest BCUT2D eigenvalue weighted by molar-refractivity contribution is -0.141. The Morgan fingerprint density at radius 3 is 2.65 bits per heavy atom. The minimum Gasteiger partial charge on any atom is -0.487 e. The molecule has 2 aromatic carbocycles. The summed E-state index contributed by atoms with van der Waals surface area (Å²) in [7, 11) is -2.20. The maximum absolute atomic E-state index is 13.4. The monoisotopic (exact) mass is 632 g/mol. The first-order valence-corrected chi connectivity index (χ1v) is 17.6. The maximum atomic E-state index is 13.4. The molecule has 0 saturated heterocycles. The lowest BCUT2D eigenvalue weighted by atomic mass is 9.63. The molecule has 8 nitrogen and oxygen atoms in total. The molecule has 2 bridgehead atoms. The minimum atomic E-state index is -3.88. The Hall–Kier alpha value is -2.33. The molecule has 0 radical (unpaired) electrons. The van der Waals surface area contributed by atoms with Crippen LogP contribution in [0.5, 0.6) is 5.75 Å². The van der Waals surface area contributed by atoms with E-state index in [0.29, 0.717) is 49.0 Å². The zero-order valence-electron chi connectivity index (χ0n) is 25.3. The average Bonchev–Trinajstić information content (AvgIpc) is 3.00. The number of benzene rings is 2. The van der Waals surface area contributed by atoms with Crippen LogP contribution in [0.1, 0.15) is 86.2 Å². The summed E-state index contributed by atoms with van der Waals surface area (Å²) in [5, 5.41) is 10.7. The molecular formula is C33H45ClN2O6S. The molecule has 5 rings (SSSR count). The number of aliphatic hydroxyl groups excluding tert-OH is 1. The van der Waals surface area contributed by atoms with E-state index in [9.17, 15) is 18.3 Å². The Labute approximate surface area is 261 Å². The Balaban J connectivity index is 1.55. The highest BCUT2D eigenvalue weighted by molar-refractivity contribution is 7.90. The number of nitrogens with zero attached hydrogens (tertiary/aromatic N) is 1. The van der Waals surface area contributed by atoms with Crippen molar-refractivity contribution in [2.45, 2.75) is 88.6 Å². The van der Waals surface area contributed by atoms with Crippen LogP contribution in [0.4, 0.5) is 5.69 Å². The van der Waals surface area contributed by atoms with Crippen LogP contribution in [0.3, 0.4) is 0 Å². The number of aryl methyl sites for hydroxylation is 1. The van der Waals surface area contributed by atoms with Crippen molar-refractivity contribution in [2.75, 3.05) is 31.7 Å². The normalized spacial score (nSPS) is 28.2. The van der Waals surface area contributed by atoms with Crippen molar-refractivity contribution in [3.8, 4) is 5.75 Å². The highest BCUT2D eigenvalue weighted by atomic mass is 35.5. The Morgan fingerprint density at radius 2 is 1.93 bits per heavy atom. The summed E-state index contributed by atoms with van der Waals surface area (Å²) in [5.74, 6) is 0.505. The van der Waals surface area contributed by atoms with Crippen LogP contribution in [-0.2, 0) is 27.8 Å². The van der Waals surface area contributed by atoms with Crippen LogP contribution < -0.4 is 14.4 Å². The molecule has 2 aromatic rings. The zero-order chi connectivity index (χ0) is 30.6. The van der Waals surface area contributed by atoms with Gasteiger partial charge >= 0.3 is 0 Å². The van der Waals surface area contributed by atoms with Crippen LogP contribution >= 0.6 is 11.6 Å². The van der Waals surface area contributed by atoms with E-state index < -0.39 is 26.8 Å². The van der Waals surface area contributed by atoms with Crippen LogP contribution in [0, 0.1) is 11.8 Å². The third-order valence-electron chi connectivity index (χ3n) is 9.96. The number of carbonyl (C=O) groups is 1. The molecule has 0 aromatic heterocycles. The number of nitrogens with one attached hydrogen (secondary N) is 1. The molecule has 1 saturated carbocycles. The van der Waals surface area contributed by atoms with E-state index in [2.05, 4.69) is 9.62 Å². The van der Waals surface area contributed by atoms with Crippen LogP contribution in [0.2, 0.25) is 5.02 Å². The third-order valence-corrected chi connectivity index (χ3v) is 12.1. The number of hydrogen-bond donors (Lipinski definition) is 2. The topological polar surface area (TPSA) is 105 Å². The van der Waals surface area contributed by atoms with Gasteiger partial charge < -0.3 is 19.5 Å². The summed E-state index contributed by atoms with van der Waals surface area (Å²) in [6.45, 7) is 3.59. The predicted molar refractivity (Wildman–Crippen MR) is 169 cm³/mol. The van der Waals surface area contributed by atoms with Gasteiger partial charge in [-0.25, -0.2) is 13.1 Å². The zero-order valence-corrected chi connectivity index (χ0v) is 26.9. The molecule has 0 unspecified atom stereocenters. The molecule has 1 fully saturated rings. The molecule has 43 heavy (non-hydrogen) atoms. The van der Waals surface area contributed by atoms with Crippen LogP contribution in [0.25, 0.3) is 0 Å². The van der Waals surface area contributed by atoms with Crippen molar-refractivity contribution in [1.29, 1.82) is 0 Å². The number of methoxy groups -OCH3 is 1. The van der Waals surface area contributed by atoms with E-state index in [0.717, 1.165) is 62.9 Å². The maximum Gasteiger partial charge on any atom is 0.264 e. The van der Waals surface area contributed by atoms with Gasteiger partial charge in [-0.3, -0.25) is 4.79 Å². The lowest BCUT2D eigenvalue weighted by Gasteiger charge is -2.50. The van der Waals surface area contributed by atoms with Gasteiger partial charge in [-0.1, -0.05) is 37.4 Å². The van der Waals surface area contributed by atoms with Gasteiger partial charge in [0.05, 0.1) is 23.1 Å². The number of hydrogen-bond acceptors (Lipinski definition) is 7.